The highest BCUT2D eigenvalue weighted by Gasteiger charge is 2.54. The molecule has 1 unspecified atom stereocenters. The van der Waals surface area contributed by atoms with E-state index in [-0.39, 0.29) is 29.0 Å². The van der Waals surface area contributed by atoms with Crippen LogP contribution in [0.4, 0.5) is 4.79 Å². The number of hydrogen-bond acceptors (Lipinski definition) is 5. The first-order valence-corrected chi connectivity index (χ1v) is 8.45. The molecule has 3 saturated heterocycles. The third-order valence-electron chi connectivity index (χ3n) is 5.56. The lowest BCUT2D eigenvalue weighted by Crippen LogP contribution is -2.70. The number of nitrogens with zero attached hydrogens (tertiary/aromatic N) is 2. The standard InChI is InChI=1S/C17H21N3O5/c1-10-5-12(11-3-4-24-6-11)25-15(22)13(10)14(21)20-8-17(9-20)7-18-16(23)19(17)2/h5,11H,3-4,6-9H2,1-2H3,(H,18,23). The molecule has 3 aliphatic rings. The van der Waals surface area contributed by atoms with Gasteiger partial charge >= 0.3 is 11.7 Å². The first kappa shape index (κ1) is 16.1. The lowest BCUT2D eigenvalue weighted by atomic mass is 9.88. The Balaban J connectivity index is 1.53. The van der Waals surface area contributed by atoms with Crippen LogP contribution < -0.4 is 10.9 Å². The second-order valence-electron chi connectivity index (χ2n) is 7.16. The van der Waals surface area contributed by atoms with Crippen molar-refractivity contribution in [3.05, 3.63) is 33.4 Å². The number of nitrogens with one attached hydrogen (secondary N) is 1. The summed E-state index contributed by atoms with van der Waals surface area (Å²) < 4.78 is 10.7. The molecule has 1 spiro atoms. The highest BCUT2D eigenvalue weighted by molar-refractivity contribution is 5.96. The summed E-state index contributed by atoms with van der Waals surface area (Å²) in [5.41, 5.74) is -0.250. The van der Waals surface area contributed by atoms with E-state index in [1.807, 2.05) is 0 Å². The van der Waals surface area contributed by atoms with Crippen molar-refractivity contribution < 1.29 is 18.7 Å². The van der Waals surface area contributed by atoms with Crippen molar-refractivity contribution in [3.8, 4) is 0 Å². The maximum Gasteiger partial charge on any atom is 0.349 e. The predicted octanol–water partition coefficient (Wildman–Crippen LogP) is 0.302. The average Bonchev–Trinajstić information content (AvgIpc) is 3.15. The maximum atomic E-state index is 12.7. The molecule has 134 valence electrons. The van der Waals surface area contributed by atoms with Crippen LogP contribution in [0.5, 0.6) is 0 Å². The minimum absolute atomic E-state index is 0.0760. The van der Waals surface area contributed by atoms with Gasteiger partial charge in [0.05, 0.1) is 12.1 Å². The zero-order valence-electron chi connectivity index (χ0n) is 14.3. The molecular formula is C17H21N3O5. The Morgan fingerprint density at radius 3 is 2.68 bits per heavy atom. The number of carbonyl (C=O) groups is 2. The van der Waals surface area contributed by atoms with Crippen LogP contribution >= 0.6 is 0 Å². The number of hydrogen-bond donors (Lipinski definition) is 1. The largest absolute Gasteiger partial charge is 0.427 e. The number of carbonyl (C=O) groups excluding carboxylic acids is 2. The zero-order valence-corrected chi connectivity index (χ0v) is 14.3. The highest BCUT2D eigenvalue weighted by atomic mass is 16.5. The minimum Gasteiger partial charge on any atom is -0.427 e. The van der Waals surface area contributed by atoms with E-state index in [1.54, 1.807) is 29.8 Å². The van der Waals surface area contributed by atoms with Crippen molar-refractivity contribution in [2.45, 2.75) is 24.8 Å². The van der Waals surface area contributed by atoms with E-state index in [9.17, 15) is 14.4 Å². The molecule has 1 aromatic rings. The van der Waals surface area contributed by atoms with E-state index < -0.39 is 5.63 Å². The van der Waals surface area contributed by atoms with Crippen LogP contribution in [-0.2, 0) is 4.74 Å². The summed E-state index contributed by atoms with van der Waals surface area (Å²) in [5.74, 6) is 0.327. The van der Waals surface area contributed by atoms with Gasteiger partial charge in [-0.3, -0.25) is 4.79 Å². The van der Waals surface area contributed by atoms with Gasteiger partial charge in [-0.05, 0) is 25.0 Å². The van der Waals surface area contributed by atoms with Gasteiger partial charge in [-0.25, -0.2) is 9.59 Å². The number of amides is 3. The first-order chi connectivity index (χ1) is 11.9. The van der Waals surface area contributed by atoms with Crippen LogP contribution in [-0.4, -0.2) is 67.2 Å². The van der Waals surface area contributed by atoms with Crippen LogP contribution in [0.1, 0.15) is 34.0 Å². The Bertz CT molecular complexity index is 790. The van der Waals surface area contributed by atoms with E-state index in [1.165, 1.54) is 0 Å². The molecule has 1 N–H and O–H groups in total. The highest BCUT2D eigenvalue weighted by Crippen LogP contribution is 2.31. The van der Waals surface area contributed by atoms with E-state index in [0.717, 1.165) is 6.42 Å². The van der Waals surface area contributed by atoms with Gasteiger partial charge in [0.15, 0.2) is 0 Å². The molecule has 3 aliphatic heterocycles. The number of ether oxygens (including phenoxy) is 1. The van der Waals surface area contributed by atoms with Crippen LogP contribution in [0, 0.1) is 6.92 Å². The molecule has 0 saturated carbocycles. The number of rotatable bonds is 2. The lowest BCUT2D eigenvalue weighted by molar-refractivity contribution is 0.00736. The summed E-state index contributed by atoms with van der Waals surface area (Å²) in [7, 11) is 1.72. The Morgan fingerprint density at radius 1 is 1.36 bits per heavy atom. The quantitative estimate of drug-likeness (QED) is 0.831. The topological polar surface area (TPSA) is 92.1 Å². The molecule has 0 aromatic carbocycles. The van der Waals surface area contributed by atoms with Gasteiger partial charge in [-0.1, -0.05) is 0 Å². The van der Waals surface area contributed by atoms with Gasteiger partial charge < -0.3 is 24.3 Å². The maximum absolute atomic E-state index is 12.7. The van der Waals surface area contributed by atoms with Crippen molar-refractivity contribution in [1.82, 2.24) is 15.1 Å². The van der Waals surface area contributed by atoms with Crippen molar-refractivity contribution in [1.29, 1.82) is 0 Å². The number of aryl methyl sites for hydroxylation is 1. The van der Waals surface area contributed by atoms with Gasteiger partial charge in [0.2, 0.25) is 0 Å². The number of urea groups is 1. The van der Waals surface area contributed by atoms with Crippen molar-refractivity contribution >= 4 is 11.9 Å². The summed E-state index contributed by atoms with van der Waals surface area (Å²) in [4.78, 5) is 40.0. The molecule has 8 heteroatoms. The van der Waals surface area contributed by atoms with Gasteiger partial charge in [-0.2, -0.15) is 0 Å². The molecule has 4 rings (SSSR count). The van der Waals surface area contributed by atoms with Gasteiger partial charge in [0.25, 0.3) is 5.91 Å². The fourth-order valence-corrected chi connectivity index (χ4v) is 3.83. The molecule has 0 radical (unpaired) electrons. The van der Waals surface area contributed by atoms with Gasteiger partial charge in [-0.15, -0.1) is 0 Å². The van der Waals surface area contributed by atoms with Crippen LogP contribution in [0.2, 0.25) is 0 Å². The zero-order chi connectivity index (χ0) is 17.8. The fraction of sp³-hybridized carbons (Fsp3) is 0.588. The first-order valence-electron chi connectivity index (χ1n) is 8.45. The molecule has 1 atom stereocenters. The van der Waals surface area contributed by atoms with E-state index in [4.69, 9.17) is 9.15 Å². The SMILES string of the molecule is Cc1cc(C2CCOC2)oc(=O)c1C(=O)N1CC2(CNC(=O)N2C)C1. The Morgan fingerprint density at radius 2 is 2.12 bits per heavy atom. The predicted molar refractivity (Wildman–Crippen MR) is 87.7 cm³/mol. The fourth-order valence-electron chi connectivity index (χ4n) is 3.83. The molecule has 0 bridgehead atoms. The molecule has 8 nitrogen and oxygen atoms in total. The van der Waals surface area contributed by atoms with Crippen molar-refractivity contribution in [3.63, 3.8) is 0 Å². The second-order valence-corrected chi connectivity index (χ2v) is 7.16. The monoisotopic (exact) mass is 347 g/mol. The Labute approximate surface area is 144 Å². The second kappa shape index (κ2) is 5.59. The lowest BCUT2D eigenvalue weighted by Gasteiger charge is -2.50. The normalized spacial score (nSPS) is 24.6. The minimum atomic E-state index is -0.596. The van der Waals surface area contributed by atoms with Gasteiger partial charge in [0.1, 0.15) is 11.3 Å². The number of likely N-dealkylation sites (N-methyl/N-ethyl adjacent to an activating group) is 1. The van der Waals surface area contributed by atoms with E-state index in [0.29, 0.717) is 44.2 Å². The summed E-state index contributed by atoms with van der Waals surface area (Å²) >= 11 is 0. The summed E-state index contributed by atoms with van der Waals surface area (Å²) in [5, 5.41) is 2.78. The molecule has 3 fully saturated rings. The molecular weight excluding hydrogens is 326 g/mol. The summed E-state index contributed by atoms with van der Waals surface area (Å²) in [6, 6.07) is 1.64. The smallest absolute Gasteiger partial charge is 0.349 e. The average molecular weight is 347 g/mol. The molecule has 1 aromatic heterocycles. The van der Waals surface area contributed by atoms with Crippen LogP contribution in [0.25, 0.3) is 0 Å². The third-order valence-corrected chi connectivity index (χ3v) is 5.56. The molecule has 3 amide bonds. The number of likely N-dealkylation sites (tertiary alicyclic amines) is 1. The van der Waals surface area contributed by atoms with Crippen LogP contribution in [0.3, 0.4) is 0 Å². The van der Waals surface area contributed by atoms with E-state index >= 15 is 0 Å². The van der Waals surface area contributed by atoms with Gasteiger partial charge in [0, 0.05) is 39.2 Å². The van der Waals surface area contributed by atoms with E-state index in [2.05, 4.69) is 5.32 Å². The van der Waals surface area contributed by atoms with Crippen LogP contribution in [0.15, 0.2) is 15.3 Å². The summed E-state index contributed by atoms with van der Waals surface area (Å²) in [6.45, 7) is 4.30. The molecule has 25 heavy (non-hydrogen) atoms. The van der Waals surface area contributed by atoms with Crippen molar-refractivity contribution in [2.24, 2.45) is 0 Å². The molecule has 4 heterocycles. The summed E-state index contributed by atoms with van der Waals surface area (Å²) in [6.07, 6.45) is 0.817. The molecule has 0 aliphatic carbocycles. The third kappa shape index (κ3) is 2.43. The Hall–Kier alpha value is -2.35. The Kier molecular flexibility index (Phi) is 3.61. The van der Waals surface area contributed by atoms with Crippen molar-refractivity contribution in [2.75, 3.05) is 39.9 Å².